The van der Waals surface area contributed by atoms with Crippen LogP contribution in [0.3, 0.4) is 0 Å². The van der Waals surface area contributed by atoms with Crippen LogP contribution in [0.1, 0.15) is 17.8 Å². The van der Waals surface area contributed by atoms with E-state index in [0.717, 1.165) is 26.2 Å². The van der Waals surface area contributed by atoms with Gasteiger partial charge in [-0.15, -0.1) is 11.3 Å². The van der Waals surface area contributed by atoms with E-state index < -0.39 is 0 Å². The van der Waals surface area contributed by atoms with E-state index in [0.29, 0.717) is 13.1 Å². The average Bonchev–Trinajstić information content (AvgIpc) is 3.10. The van der Waals surface area contributed by atoms with Gasteiger partial charge >= 0.3 is 6.03 Å². The summed E-state index contributed by atoms with van der Waals surface area (Å²) in [6.07, 6.45) is 0. The van der Waals surface area contributed by atoms with Crippen molar-refractivity contribution in [2.24, 2.45) is 5.92 Å². The molecule has 24 heavy (non-hydrogen) atoms. The highest BCUT2D eigenvalue weighted by molar-refractivity contribution is 7.10. The summed E-state index contributed by atoms with van der Waals surface area (Å²) in [4.78, 5) is 19.9. The summed E-state index contributed by atoms with van der Waals surface area (Å²) in [5, 5.41) is 14.0. The van der Waals surface area contributed by atoms with Crippen molar-refractivity contribution in [3.63, 3.8) is 0 Å². The molecule has 6 nitrogen and oxygen atoms in total. The quantitative estimate of drug-likeness (QED) is 0.851. The smallest absolute Gasteiger partial charge is 0.317 e. The molecule has 7 heteroatoms. The molecule has 2 heterocycles. The molecule has 1 aromatic heterocycles. The first-order chi connectivity index (χ1) is 11.5. The largest absolute Gasteiger partial charge is 0.336 e. The van der Waals surface area contributed by atoms with Crippen molar-refractivity contribution in [2.45, 2.75) is 13.0 Å². The molecule has 2 atom stereocenters. The van der Waals surface area contributed by atoms with E-state index in [4.69, 9.17) is 5.26 Å². The van der Waals surface area contributed by atoms with Crippen LogP contribution in [0.5, 0.6) is 0 Å². The normalized spacial score (nSPS) is 18.6. The molecule has 0 aliphatic carbocycles. The zero-order valence-electron chi connectivity index (χ0n) is 14.7. The predicted octanol–water partition coefficient (Wildman–Crippen LogP) is 1.84. The lowest BCUT2D eigenvalue weighted by Gasteiger charge is -2.37. The first kappa shape index (κ1) is 18.7. The van der Waals surface area contributed by atoms with Crippen LogP contribution in [-0.2, 0) is 0 Å². The Labute approximate surface area is 148 Å². The monoisotopic (exact) mass is 349 g/mol. The molecule has 0 saturated carbocycles. The van der Waals surface area contributed by atoms with Crippen molar-refractivity contribution < 1.29 is 4.79 Å². The number of urea groups is 1. The topological polar surface area (TPSA) is 62.6 Å². The third kappa shape index (κ3) is 5.20. The van der Waals surface area contributed by atoms with Gasteiger partial charge in [0.2, 0.25) is 0 Å². The average molecular weight is 350 g/mol. The van der Waals surface area contributed by atoms with E-state index >= 15 is 0 Å². The third-order valence-corrected chi connectivity index (χ3v) is 5.39. The van der Waals surface area contributed by atoms with Crippen LogP contribution in [-0.4, -0.2) is 74.1 Å². The molecule has 1 aliphatic heterocycles. The molecular weight excluding hydrogens is 322 g/mol. The summed E-state index contributed by atoms with van der Waals surface area (Å²) >= 11 is 1.74. The molecule has 1 N–H and O–H groups in total. The van der Waals surface area contributed by atoms with Crippen LogP contribution >= 0.6 is 11.3 Å². The second kappa shape index (κ2) is 9.02. The zero-order valence-corrected chi connectivity index (χ0v) is 15.6. The molecule has 1 fully saturated rings. The van der Waals surface area contributed by atoms with Gasteiger partial charge < -0.3 is 15.1 Å². The Hall–Kier alpha value is -1.62. The summed E-state index contributed by atoms with van der Waals surface area (Å²) in [6, 6.07) is 6.46. The maximum Gasteiger partial charge on any atom is 0.317 e. The second-order valence-corrected chi connectivity index (χ2v) is 7.45. The number of thiophene rings is 1. The molecule has 0 aromatic carbocycles. The van der Waals surface area contributed by atoms with E-state index in [1.54, 1.807) is 23.3 Å². The molecule has 1 aliphatic rings. The van der Waals surface area contributed by atoms with E-state index in [-0.39, 0.29) is 18.0 Å². The Morgan fingerprint density at radius 2 is 2.17 bits per heavy atom. The highest BCUT2D eigenvalue weighted by atomic mass is 32.1. The first-order valence-electron chi connectivity index (χ1n) is 8.36. The molecule has 0 spiro atoms. The lowest BCUT2D eigenvalue weighted by Crippen LogP contribution is -2.49. The number of carbonyl (C=O) groups is 1. The third-order valence-electron chi connectivity index (χ3n) is 4.41. The number of hydrogen-bond acceptors (Lipinski definition) is 5. The molecule has 2 rings (SSSR count). The Kier molecular flexibility index (Phi) is 7.03. The van der Waals surface area contributed by atoms with E-state index in [2.05, 4.69) is 45.7 Å². The summed E-state index contributed by atoms with van der Waals surface area (Å²) in [6.45, 7) is 6.98. The number of carbonyl (C=O) groups excluding carboxylic acids is 1. The molecule has 0 radical (unpaired) electrons. The maximum atomic E-state index is 12.3. The first-order valence-corrected chi connectivity index (χ1v) is 9.23. The summed E-state index contributed by atoms with van der Waals surface area (Å²) in [5.41, 5.74) is 0. The van der Waals surface area contributed by atoms with Gasteiger partial charge in [-0.2, -0.15) is 5.26 Å². The molecule has 0 unspecified atom stereocenters. The second-order valence-electron chi connectivity index (χ2n) is 6.47. The van der Waals surface area contributed by atoms with Crippen molar-refractivity contribution in [3.8, 4) is 6.07 Å². The van der Waals surface area contributed by atoms with Gasteiger partial charge in [0, 0.05) is 51.2 Å². The van der Waals surface area contributed by atoms with E-state index in [9.17, 15) is 4.79 Å². The van der Waals surface area contributed by atoms with Gasteiger partial charge in [-0.25, -0.2) is 4.79 Å². The van der Waals surface area contributed by atoms with Crippen LogP contribution in [0.25, 0.3) is 0 Å². The molecule has 132 valence electrons. The van der Waals surface area contributed by atoms with Gasteiger partial charge in [-0.3, -0.25) is 4.90 Å². The van der Waals surface area contributed by atoms with Crippen LogP contribution in [0, 0.1) is 17.2 Å². The summed E-state index contributed by atoms with van der Waals surface area (Å²) in [5.74, 6) is -0.161. The highest BCUT2D eigenvalue weighted by Crippen LogP contribution is 2.25. The van der Waals surface area contributed by atoms with Gasteiger partial charge in [0.05, 0.1) is 18.0 Å². The molecule has 1 aromatic rings. The Bertz CT molecular complexity index is 548. The van der Waals surface area contributed by atoms with Gasteiger partial charge in [-0.1, -0.05) is 6.07 Å². The fourth-order valence-electron chi connectivity index (χ4n) is 2.88. The van der Waals surface area contributed by atoms with Gasteiger partial charge in [0.25, 0.3) is 0 Å². The number of amides is 2. The summed E-state index contributed by atoms with van der Waals surface area (Å²) in [7, 11) is 3.88. The Balaban J connectivity index is 1.94. The maximum absolute atomic E-state index is 12.3. The number of nitrogens with zero attached hydrogens (tertiary/aromatic N) is 4. The predicted molar refractivity (Wildman–Crippen MR) is 96.9 cm³/mol. The minimum atomic E-state index is -0.161. The zero-order chi connectivity index (χ0) is 17.5. The number of piperazine rings is 1. The fourth-order valence-corrected chi connectivity index (χ4v) is 3.74. The lowest BCUT2D eigenvalue weighted by atomic mass is 10.1. The van der Waals surface area contributed by atoms with Crippen molar-refractivity contribution in [2.75, 3.05) is 53.4 Å². The number of hydrogen-bond donors (Lipinski definition) is 1. The fraction of sp³-hybridized carbons (Fsp3) is 0.647. The number of nitrogens with one attached hydrogen (secondary N) is 1. The van der Waals surface area contributed by atoms with E-state index in [1.807, 2.05) is 6.92 Å². The molecule has 2 amide bonds. The van der Waals surface area contributed by atoms with Crippen molar-refractivity contribution in [1.82, 2.24) is 20.0 Å². The number of nitriles is 1. The molecule has 0 bridgehead atoms. The number of rotatable bonds is 6. The van der Waals surface area contributed by atoms with E-state index in [1.165, 1.54) is 4.88 Å². The Morgan fingerprint density at radius 1 is 1.46 bits per heavy atom. The van der Waals surface area contributed by atoms with Crippen molar-refractivity contribution in [1.29, 1.82) is 5.26 Å². The van der Waals surface area contributed by atoms with Crippen LogP contribution in [0.15, 0.2) is 17.5 Å². The van der Waals surface area contributed by atoms with Gasteiger partial charge in [0.1, 0.15) is 0 Å². The summed E-state index contributed by atoms with van der Waals surface area (Å²) < 4.78 is 0. The van der Waals surface area contributed by atoms with Crippen LogP contribution < -0.4 is 5.32 Å². The Morgan fingerprint density at radius 3 is 2.75 bits per heavy atom. The standard InChI is InChI=1S/C17H27N5OS/c1-14(11-18)13-21(3)17(23)19-12-15(16-5-4-10-24-16)22-8-6-20(2)7-9-22/h4-5,10,14-15H,6-9,12-13H2,1-3H3,(H,19,23)/t14-,15+/m0/s1. The molecular formula is C17H27N5OS. The minimum absolute atomic E-state index is 0.118. The van der Waals surface area contributed by atoms with Gasteiger partial charge in [-0.05, 0) is 25.4 Å². The SMILES string of the molecule is C[C@@H](C#N)CN(C)C(=O)NC[C@H](c1cccs1)N1CCN(C)CC1. The number of likely N-dealkylation sites (N-methyl/N-ethyl adjacent to an activating group) is 1. The van der Waals surface area contributed by atoms with Crippen LogP contribution in [0.4, 0.5) is 4.79 Å². The van der Waals surface area contributed by atoms with Gasteiger partial charge in [0.15, 0.2) is 0 Å². The van der Waals surface area contributed by atoms with Crippen LogP contribution in [0.2, 0.25) is 0 Å². The minimum Gasteiger partial charge on any atom is -0.336 e. The molecule has 1 saturated heterocycles. The van der Waals surface area contributed by atoms with Crippen molar-refractivity contribution >= 4 is 17.4 Å². The lowest BCUT2D eigenvalue weighted by molar-refractivity contribution is 0.111. The highest BCUT2D eigenvalue weighted by Gasteiger charge is 2.25. The van der Waals surface area contributed by atoms with Crippen molar-refractivity contribution in [3.05, 3.63) is 22.4 Å².